The van der Waals surface area contributed by atoms with Crippen LogP contribution in [-0.4, -0.2) is 17.8 Å². The third kappa shape index (κ3) is 2.75. The molecule has 0 aromatic carbocycles. The molecule has 0 bridgehead atoms. The normalized spacial score (nSPS) is 18.8. The van der Waals surface area contributed by atoms with Gasteiger partial charge in [-0.25, -0.2) is 4.79 Å². The van der Waals surface area contributed by atoms with Crippen LogP contribution in [0.2, 0.25) is 0 Å². The summed E-state index contributed by atoms with van der Waals surface area (Å²) in [6, 6.07) is -0.762. The van der Waals surface area contributed by atoms with E-state index in [4.69, 9.17) is 0 Å². The Balaban J connectivity index is 3.31. The number of amides is 4. The van der Waals surface area contributed by atoms with Gasteiger partial charge in [0.15, 0.2) is 5.41 Å². The van der Waals surface area contributed by atoms with Gasteiger partial charge in [0.25, 0.3) is 0 Å². The first-order chi connectivity index (χ1) is 9.02. The molecule has 4 amide bonds. The van der Waals surface area contributed by atoms with E-state index < -0.39 is 23.3 Å². The molecule has 5 nitrogen and oxygen atoms in total. The maximum atomic E-state index is 12.2. The molecular weight excluding hydrogens is 244 g/mol. The molecule has 1 heterocycles. The van der Waals surface area contributed by atoms with Crippen molar-refractivity contribution in [3.63, 3.8) is 0 Å². The fourth-order valence-electron chi connectivity index (χ4n) is 2.38. The maximum Gasteiger partial charge on any atom is 0.328 e. The number of hydrogen-bond donors (Lipinski definition) is 2. The van der Waals surface area contributed by atoms with Gasteiger partial charge in [-0.05, 0) is 24.8 Å². The van der Waals surface area contributed by atoms with Crippen LogP contribution in [0.25, 0.3) is 0 Å². The Morgan fingerprint density at radius 3 is 2.21 bits per heavy atom. The van der Waals surface area contributed by atoms with Gasteiger partial charge >= 0.3 is 6.03 Å². The second-order valence-corrected chi connectivity index (χ2v) is 4.52. The van der Waals surface area contributed by atoms with Crippen molar-refractivity contribution in [2.45, 2.75) is 39.5 Å². The minimum atomic E-state index is -1.33. The van der Waals surface area contributed by atoms with E-state index in [2.05, 4.69) is 17.2 Å². The number of allylic oxidation sites excluding steroid dienone is 2. The molecule has 19 heavy (non-hydrogen) atoms. The van der Waals surface area contributed by atoms with E-state index in [-0.39, 0.29) is 6.42 Å². The quantitative estimate of drug-likeness (QED) is 0.569. The van der Waals surface area contributed by atoms with Crippen LogP contribution in [0.15, 0.2) is 24.3 Å². The third-order valence-corrected chi connectivity index (χ3v) is 3.20. The van der Waals surface area contributed by atoms with E-state index >= 15 is 0 Å². The van der Waals surface area contributed by atoms with Crippen LogP contribution in [0.4, 0.5) is 4.79 Å². The lowest BCUT2D eigenvalue weighted by atomic mass is 9.72. The molecule has 0 unspecified atom stereocenters. The van der Waals surface area contributed by atoms with E-state index in [0.717, 1.165) is 18.4 Å². The number of carbonyl (C=O) groups is 3. The van der Waals surface area contributed by atoms with Crippen LogP contribution in [0.1, 0.15) is 39.5 Å². The van der Waals surface area contributed by atoms with Gasteiger partial charge in [0.1, 0.15) is 0 Å². The summed E-state index contributed by atoms with van der Waals surface area (Å²) in [6.07, 6.45) is 5.79. The van der Waals surface area contributed by atoms with Crippen molar-refractivity contribution in [2.75, 3.05) is 0 Å². The Morgan fingerprint density at radius 2 is 1.79 bits per heavy atom. The number of imide groups is 2. The summed E-state index contributed by atoms with van der Waals surface area (Å²) >= 11 is 0. The summed E-state index contributed by atoms with van der Waals surface area (Å²) in [7, 11) is 0. The highest BCUT2D eigenvalue weighted by Gasteiger charge is 2.51. The smallest absolute Gasteiger partial charge is 0.277 e. The zero-order valence-corrected chi connectivity index (χ0v) is 11.4. The third-order valence-electron chi connectivity index (χ3n) is 3.20. The zero-order valence-electron chi connectivity index (χ0n) is 11.4. The van der Waals surface area contributed by atoms with E-state index in [0.29, 0.717) is 6.42 Å². The van der Waals surface area contributed by atoms with Crippen LogP contribution in [0.3, 0.4) is 0 Å². The molecule has 1 aliphatic heterocycles. The van der Waals surface area contributed by atoms with Crippen LogP contribution < -0.4 is 10.6 Å². The van der Waals surface area contributed by atoms with Gasteiger partial charge in [-0.2, -0.15) is 0 Å². The van der Waals surface area contributed by atoms with Crippen molar-refractivity contribution in [2.24, 2.45) is 5.41 Å². The van der Waals surface area contributed by atoms with Gasteiger partial charge in [0.2, 0.25) is 11.8 Å². The first-order valence-corrected chi connectivity index (χ1v) is 6.50. The molecule has 0 aliphatic carbocycles. The summed E-state index contributed by atoms with van der Waals surface area (Å²) in [5.41, 5.74) is -0.582. The Kier molecular flexibility index (Phi) is 5.03. The molecule has 0 aromatic rings. The summed E-state index contributed by atoms with van der Waals surface area (Å²) in [4.78, 5) is 35.7. The summed E-state index contributed by atoms with van der Waals surface area (Å²) in [5, 5.41) is 4.37. The molecule has 1 aliphatic rings. The minimum absolute atomic E-state index is 0.184. The Morgan fingerprint density at radius 1 is 1.21 bits per heavy atom. The molecule has 0 atom stereocenters. The van der Waals surface area contributed by atoms with Crippen LogP contribution in [0.5, 0.6) is 0 Å². The second-order valence-electron chi connectivity index (χ2n) is 4.52. The van der Waals surface area contributed by atoms with Gasteiger partial charge < -0.3 is 0 Å². The lowest BCUT2D eigenvalue weighted by Crippen LogP contribution is -2.63. The van der Waals surface area contributed by atoms with Crippen LogP contribution in [0, 0.1) is 5.41 Å². The van der Waals surface area contributed by atoms with Crippen molar-refractivity contribution in [3.05, 3.63) is 24.3 Å². The second kappa shape index (κ2) is 6.31. The average molecular weight is 264 g/mol. The molecule has 104 valence electrons. The maximum absolute atomic E-state index is 12.2. The molecule has 0 radical (unpaired) electrons. The number of urea groups is 1. The SMILES string of the molecule is C=CCC1(C(=CCC)CCC)C(=O)NC(=O)NC1=O. The highest BCUT2D eigenvalue weighted by molar-refractivity contribution is 6.21. The summed E-state index contributed by atoms with van der Waals surface area (Å²) in [6.45, 7) is 7.54. The van der Waals surface area contributed by atoms with Gasteiger partial charge in [-0.15, -0.1) is 6.58 Å². The predicted octanol–water partition coefficient (Wildman–Crippen LogP) is 2.05. The van der Waals surface area contributed by atoms with Crippen molar-refractivity contribution in [1.29, 1.82) is 0 Å². The highest BCUT2D eigenvalue weighted by atomic mass is 16.2. The summed E-state index contributed by atoms with van der Waals surface area (Å²) in [5.74, 6) is -1.12. The fraction of sp³-hybridized carbons (Fsp3) is 0.500. The standard InChI is InChI=1S/C14H20N2O3/c1-4-7-10(8-5-2)14(9-6-3)11(17)15-13(19)16-12(14)18/h6-7H,3-5,8-9H2,1-2H3,(H2,15,16,17,18,19). The largest absolute Gasteiger partial charge is 0.328 e. The van der Waals surface area contributed by atoms with Crippen molar-refractivity contribution in [1.82, 2.24) is 10.6 Å². The van der Waals surface area contributed by atoms with E-state index in [1.807, 2.05) is 19.9 Å². The van der Waals surface area contributed by atoms with Crippen molar-refractivity contribution in [3.8, 4) is 0 Å². The van der Waals surface area contributed by atoms with Gasteiger partial charge in [0.05, 0.1) is 0 Å². The number of rotatable bonds is 6. The Labute approximate surface area is 113 Å². The Bertz CT molecular complexity index is 418. The number of hydrogen-bond acceptors (Lipinski definition) is 3. The van der Waals surface area contributed by atoms with Crippen molar-refractivity contribution >= 4 is 17.8 Å². The number of carbonyl (C=O) groups excluding carboxylic acids is 3. The topological polar surface area (TPSA) is 75.3 Å². The van der Waals surface area contributed by atoms with Crippen LogP contribution >= 0.6 is 0 Å². The minimum Gasteiger partial charge on any atom is -0.277 e. The lowest BCUT2D eigenvalue weighted by molar-refractivity contribution is -0.141. The summed E-state index contributed by atoms with van der Waals surface area (Å²) < 4.78 is 0. The first kappa shape index (κ1) is 15.1. The molecule has 0 saturated carbocycles. The van der Waals surface area contributed by atoms with Gasteiger partial charge in [-0.3, -0.25) is 20.2 Å². The average Bonchev–Trinajstić information content (AvgIpc) is 2.33. The molecule has 1 fully saturated rings. The van der Waals surface area contributed by atoms with Gasteiger partial charge in [-0.1, -0.05) is 32.4 Å². The predicted molar refractivity (Wildman–Crippen MR) is 72.2 cm³/mol. The molecule has 1 rings (SSSR count). The molecule has 0 aromatic heterocycles. The van der Waals surface area contributed by atoms with Gasteiger partial charge in [0, 0.05) is 0 Å². The monoisotopic (exact) mass is 264 g/mol. The molecule has 1 saturated heterocycles. The molecular formula is C14H20N2O3. The van der Waals surface area contributed by atoms with E-state index in [9.17, 15) is 14.4 Å². The van der Waals surface area contributed by atoms with Crippen molar-refractivity contribution < 1.29 is 14.4 Å². The first-order valence-electron chi connectivity index (χ1n) is 6.50. The lowest BCUT2D eigenvalue weighted by Gasteiger charge is -2.35. The van der Waals surface area contributed by atoms with E-state index in [1.54, 1.807) is 0 Å². The molecule has 2 N–H and O–H groups in total. The zero-order chi connectivity index (χ0) is 14.5. The number of barbiturate groups is 1. The van der Waals surface area contributed by atoms with E-state index in [1.165, 1.54) is 6.08 Å². The Hall–Kier alpha value is -1.91. The molecule has 5 heteroatoms. The highest BCUT2D eigenvalue weighted by Crippen LogP contribution is 2.37. The number of nitrogens with one attached hydrogen (secondary N) is 2. The van der Waals surface area contributed by atoms with Crippen LogP contribution in [-0.2, 0) is 9.59 Å². The molecule has 0 spiro atoms. The fourth-order valence-corrected chi connectivity index (χ4v) is 2.38.